The average Bonchev–Trinajstić information content (AvgIpc) is 2.64. The molecule has 0 saturated heterocycles. The van der Waals surface area contributed by atoms with Gasteiger partial charge >= 0.3 is 0 Å². The van der Waals surface area contributed by atoms with Gasteiger partial charge in [0, 0.05) is 28.7 Å². The molecule has 2 heteroatoms. The van der Waals surface area contributed by atoms with Gasteiger partial charge in [0.05, 0.1) is 0 Å². The van der Waals surface area contributed by atoms with Crippen LogP contribution in [0.15, 0.2) is 52.3 Å². The van der Waals surface area contributed by atoms with Crippen LogP contribution < -0.4 is 0 Å². The highest BCUT2D eigenvalue weighted by atomic mass is 32.2. The molecule has 0 N–H and O–H groups in total. The van der Waals surface area contributed by atoms with Gasteiger partial charge in [-0.15, -0.1) is 0 Å². The van der Waals surface area contributed by atoms with E-state index in [1.165, 1.54) is 68.1 Å². The molecule has 1 nitrogen and oxygen atoms in total. The third-order valence-electron chi connectivity index (χ3n) is 5.27. The van der Waals surface area contributed by atoms with Crippen molar-refractivity contribution in [3.8, 4) is 0 Å². The lowest BCUT2D eigenvalue weighted by Gasteiger charge is -2.23. The van der Waals surface area contributed by atoms with Gasteiger partial charge in [0.1, 0.15) is 0 Å². The molecule has 0 bridgehead atoms. The molecular formula is C23H30OS. The Labute approximate surface area is 156 Å². The van der Waals surface area contributed by atoms with E-state index in [2.05, 4.69) is 37.3 Å². The van der Waals surface area contributed by atoms with Crippen LogP contribution in [0.1, 0.15) is 75.0 Å². The van der Waals surface area contributed by atoms with E-state index in [0.29, 0.717) is 0 Å². The van der Waals surface area contributed by atoms with Crippen LogP contribution in [0.5, 0.6) is 0 Å². The highest BCUT2D eigenvalue weighted by Gasteiger charge is 2.29. The fourth-order valence-corrected chi connectivity index (χ4v) is 5.26. The Balaban J connectivity index is 1.56. The zero-order valence-electron chi connectivity index (χ0n) is 15.4. The minimum absolute atomic E-state index is 0.935. The van der Waals surface area contributed by atoms with Crippen molar-refractivity contribution < 1.29 is 4.55 Å². The third-order valence-corrected chi connectivity index (χ3v) is 6.85. The number of aryl methyl sites for hydroxylation is 1. The first-order valence-corrected chi connectivity index (χ1v) is 11.1. The van der Waals surface area contributed by atoms with Crippen LogP contribution in [0.4, 0.5) is 0 Å². The second-order valence-electron chi connectivity index (χ2n) is 7.17. The van der Waals surface area contributed by atoms with E-state index in [9.17, 15) is 4.55 Å². The van der Waals surface area contributed by atoms with Crippen molar-refractivity contribution in [2.24, 2.45) is 0 Å². The molecule has 1 aliphatic heterocycles. The molecule has 0 radical (unpaired) electrons. The molecule has 3 rings (SSSR count). The van der Waals surface area contributed by atoms with Gasteiger partial charge in [-0.1, -0.05) is 82.2 Å². The van der Waals surface area contributed by atoms with Crippen molar-refractivity contribution in [2.75, 3.05) is 0 Å². The number of fused-ring (bicyclic) bond motifs is 2. The number of unbranched alkanes of at least 4 members (excludes halogenated alkanes) is 7. The lowest BCUT2D eigenvalue weighted by atomic mass is 9.95. The second kappa shape index (κ2) is 9.45. The highest BCUT2D eigenvalue weighted by Crippen LogP contribution is 2.36. The molecule has 134 valence electrons. The van der Waals surface area contributed by atoms with Gasteiger partial charge in [0.15, 0.2) is 9.79 Å². The standard InChI is InChI=1S/C23H30OS/c1-2-3-4-5-6-7-8-9-13-19-15-12-17-23-21(19)18-20-14-10-11-16-22(20)25(23)24/h10-12,14-17H,2-9,13,18H2,1H3. The lowest BCUT2D eigenvalue weighted by Crippen LogP contribution is -2.16. The Bertz CT molecular complexity index is 680. The summed E-state index contributed by atoms with van der Waals surface area (Å²) in [6.45, 7) is 2.27. The van der Waals surface area contributed by atoms with E-state index in [-0.39, 0.29) is 0 Å². The number of hydrogen-bond acceptors (Lipinski definition) is 1. The van der Waals surface area contributed by atoms with Crippen molar-refractivity contribution in [1.82, 2.24) is 0 Å². The summed E-state index contributed by atoms with van der Waals surface area (Å²) in [6, 6.07) is 14.6. The molecule has 0 amide bonds. The van der Waals surface area contributed by atoms with Gasteiger partial charge in [-0.25, -0.2) is 0 Å². The Morgan fingerprint density at radius 2 is 1.48 bits per heavy atom. The van der Waals surface area contributed by atoms with Crippen molar-refractivity contribution in [2.45, 2.75) is 80.9 Å². The maximum absolute atomic E-state index is 12.9. The molecule has 0 fully saturated rings. The normalized spacial score (nSPS) is 15.7. The van der Waals surface area contributed by atoms with Crippen LogP contribution in [0.3, 0.4) is 0 Å². The summed E-state index contributed by atoms with van der Waals surface area (Å²) in [5, 5.41) is 0. The fourth-order valence-electron chi connectivity index (χ4n) is 3.81. The van der Waals surface area contributed by atoms with Gasteiger partial charge < -0.3 is 4.55 Å². The Morgan fingerprint density at radius 3 is 2.28 bits per heavy atom. The first kappa shape index (κ1) is 18.5. The van der Waals surface area contributed by atoms with Crippen LogP contribution in [0.25, 0.3) is 0 Å². The summed E-state index contributed by atoms with van der Waals surface area (Å²) in [6.07, 6.45) is 12.9. The monoisotopic (exact) mass is 354 g/mol. The highest BCUT2D eigenvalue weighted by molar-refractivity contribution is 7.91. The maximum Gasteiger partial charge on any atom is 0.162 e. The summed E-state index contributed by atoms with van der Waals surface area (Å²) in [5.41, 5.74) is 3.96. The van der Waals surface area contributed by atoms with Gasteiger partial charge in [-0.05, 0) is 30.5 Å². The molecule has 1 unspecified atom stereocenters. The van der Waals surface area contributed by atoms with Crippen molar-refractivity contribution in [3.63, 3.8) is 0 Å². The molecule has 1 heterocycles. The van der Waals surface area contributed by atoms with Gasteiger partial charge in [-0.2, -0.15) is 0 Å². The van der Waals surface area contributed by atoms with Crippen LogP contribution in [-0.4, -0.2) is 4.55 Å². The molecule has 1 aliphatic rings. The summed E-state index contributed by atoms with van der Waals surface area (Å²) in [5.74, 6) is 0. The van der Waals surface area contributed by atoms with Crippen LogP contribution >= 0.6 is 0 Å². The molecule has 1 atom stereocenters. The summed E-state index contributed by atoms with van der Waals surface area (Å²) in [7, 11) is 0. The Morgan fingerprint density at radius 1 is 0.800 bits per heavy atom. The molecule has 0 aliphatic carbocycles. The smallest absolute Gasteiger partial charge is 0.162 e. The van der Waals surface area contributed by atoms with Gasteiger partial charge in [0.2, 0.25) is 0 Å². The van der Waals surface area contributed by atoms with Crippen molar-refractivity contribution in [3.05, 3.63) is 59.2 Å². The van der Waals surface area contributed by atoms with E-state index in [4.69, 9.17) is 0 Å². The zero-order valence-corrected chi connectivity index (χ0v) is 16.2. The number of benzene rings is 2. The Hall–Kier alpha value is -1.25. The molecule has 2 aromatic rings. The maximum atomic E-state index is 12.9. The van der Waals surface area contributed by atoms with Gasteiger partial charge in [0.25, 0.3) is 0 Å². The van der Waals surface area contributed by atoms with Crippen LogP contribution in [0.2, 0.25) is 0 Å². The predicted octanol–water partition coefficient (Wildman–Crippen LogP) is 6.44. The predicted molar refractivity (Wildman–Crippen MR) is 107 cm³/mol. The summed E-state index contributed by atoms with van der Waals surface area (Å²) in [4.78, 5) is 2.04. The molecule has 2 aromatic carbocycles. The van der Waals surface area contributed by atoms with E-state index < -0.39 is 11.2 Å². The summed E-state index contributed by atoms with van der Waals surface area (Å²) < 4.78 is 12.9. The zero-order chi connectivity index (χ0) is 17.5. The quantitative estimate of drug-likeness (QED) is 0.375. The fraction of sp³-hybridized carbons (Fsp3) is 0.478. The van der Waals surface area contributed by atoms with Crippen LogP contribution in [-0.2, 0) is 24.0 Å². The number of hydrogen-bond donors (Lipinski definition) is 0. The molecule has 0 saturated carbocycles. The van der Waals surface area contributed by atoms with E-state index in [0.717, 1.165) is 22.6 Å². The average molecular weight is 355 g/mol. The molecule has 25 heavy (non-hydrogen) atoms. The lowest BCUT2D eigenvalue weighted by molar-refractivity contribution is 0.574. The minimum atomic E-state index is -1.01. The minimum Gasteiger partial charge on any atom is -0.606 e. The van der Waals surface area contributed by atoms with Crippen molar-refractivity contribution in [1.29, 1.82) is 0 Å². The first-order valence-electron chi connectivity index (χ1n) is 9.91. The van der Waals surface area contributed by atoms with Crippen LogP contribution in [0, 0.1) is 0 Å². The second-order valence-corrected chi connectivity index (χ2v) is 8.59. The molecule has 0 spiro atoms. The van der Waals surface area contributed by atoms with E-state index in [1.54, 1.807) is 0 Å². The molecule has 0 aromatic heterocycles. The molecular weight excluding hydrogens is 324 g/mol. The van der Waals surface area contributed by atoms with E-state index in [1.807, 2.05) is 12.1 Å². The third kappa shape index (κ3) is 4.68. The number of rotatable bonds is 9. The first-order chi connectivity index (χ1) is 12.3. The van der Waals surface area contributed by atoms with E-state index >= 15 is 0 Å². The largest absolute Gasteiger partial charge is 0.606 e. The topological polar surface area (TPSA) is 23.1 Å². The SMILES string of the molecule is CCCCCCCCCCc1cccc2c1Cc1ccccc1[S+]2[O-]. The Kier molecular flexibility index (Phi) is 7.01. The summed E-state index contributed by atoms with van der Waals surface area (Å²) >= 11 is -1.01. The van der Waals surface area contributed by atoms with Crippen molar-refractivity contribution >= 4 is 11.2 Å². The van der Waals surface area contributed by atoms with Gasteiger partial charge in [-0.3, -0.25) is 0 Å².